The van der Waals surface area contributed by atoms with Crippen LogP contribution in [0.1, 0.15) is 43.9 Å². The van der Waals surface area contributed by atoms with Crippen LogP contribution in [0.3, 0.4) is 0 Å². The molecule has 0 amide bonds. The zero-order valence-corrected chi connectivity index (χ0v) is 11.6. The summed E-state index contributed by atoms with van der Waals surface area (Å²) in [6, 6.07) is 6.50. The Morgan fingerprint density at radius 1 is 1.41 bits per heavy atom. The fourth-order valence-corrected chi connectivity index (χ4v) is 2.15. The van der Waals surface area contributed by atoms with Crippen LogP contribution in [0.15, 0.2) is 18.2 Å². The van der Waals surface area contributed by atoms with Gasteiger partial charge in [-0.2, -0.15) is 0 Å². The first-order valence-electron chi connectivity index (χ1n) is 6.08. The second-order valence-corrected chi connectivity index (χ2v) is 4.43. The summed E-state index contributed by atoms with van der Waals surface area (Å²) in [4.78, 5) is 0. The lowest BCUT2D eigenvalue weighted by atomic mass is 10.00. The average molecular weight is 250 g/mol. The Kier molecular flexibility index (Phi) is 6.11. The molecular formula is C15H20ClN. The van der Waals surface area contributed by atoms with Gasteiger partial charge in [-0.15, -0.1) is 11.8 Å². The molecule has 0 aliphatic carbocycles. The largest absolute Gasteiger partial charge is 0.310 e. The number of nitrogens with one attached hydrogen (secondary N) is 1. The van der Waals surface area contributed by atoms with E-state index in [-0.39, 0.29) is 0 Å². The molecule has 0 fully saturated rings. The quantitative estimate of drug-likeness (QED) is 0.775. The third kappa shape index (κ3) is 4.07. The van der Waals surface area contributed by atoms with Gasteiger partial charge in [0.15, 0.2) is 0 Å². The molecule has 1 aromatic rings. The Morgan fingerprint density at radius 3 is 2.82 bits per heavy atom. The number of hydrogen-bond acceptors (Lipinski definition) is 1. The lowest BCUT2D eigenvalue weighted by Crippen LogP contribution is -2.21. The molecule has 0 aliphatic rings. The number of halogens is 1. The van der Waals surface area contributed by atoms with Gasteiger partial charge in [0.1, 0.15) is 0 Å². The molecular weight excluding hydrogens is 230 g/mol. The molecule has 0 saturated heterocycles. The molecule has 0 aliphatic heterocycles. The van der Waals surface area contributed by atoms with Gasteiger partial charge in [-0.3, -0.25) is 0 Å². The van der Waals surface area contributed by atoms with Gasteiger partial charge in [0, 0.05) is 17.5 Å². The molecule has 0 spiro atoms. The van der Waals surface area contributed by atoms with E-state index in [0.29, 0.717) is 6.04 Å². The standard InChI is InChI=1S/C15H20ClN/c1-4-6-7-11-14(17-5-2)13-10-8-9-12(3)15(13)16/h8-10,14,17H,5,7,11H2,1-3H3. The summed E-state index contributed by atoms with van der Waals surface area (Å²) in [5.41, 5.74) is 2.32. The number of hydrogen-bond donors (Lipinski definition) is 1. The van der Waals surface area contributed by atoms with Crippen LogP contribution >= 0.6 is 11.6 Å². The molecule has 0 heterocycles. The van der Waals surface area contributed by atoms with Crippen molar-refractivity contribution in [2.75, 3.05) is 6.54 Å². The van der Waals surface area contributed by atoms with E-state index in [1.54, 1.807) is 0 Å². The first-order valence-corrected chi connectivity index (χ1v) is 6.46. The SMILES string of the molecule is CC#CCCC(NCC)c1cccc(C)c1Cl. The minimum atomic E-state index is 0.299. The normalized spacial score (nSPS) is 11.8. The van der Waals surface area contributed by atoms with Crippen LogP contribution in [0.4, 0.5) is 0 Å². The first-order chi connectivity index (χ1) is 8.20. The molecule has 0 bridgehead atoms. The highest BCUT2D eigenvalue weighted by molar-refractivity contribution is 6.32. The Bertz CT molecular complexity index is 415. The third-order valence-corrected chi connectivity index (χ3v) is 3.30. The van der Waals surface area contributed by atoms with Crippen LogP contribution in [0.5, 0.6) is 0 Å². The predicted octanol–water partition coefficient (Wildman–Crippen LogP) is 4.10. The van der Waals surface area contributed by atoms with Crippen LogP contribution in [0.2, 0.25) is 5.02 Å². The van der Waals surface area contributed by atoms with Gasteiger partial charge < -0.3 is 5.32 Å². The van der Waals surface area contributed by atoms with E-state index >= 15 is 0 Å². The van der Waals surface area contributed by atoms with E-state index in [0.717, 1.165) is 30.0 Å². The van der Waals surface area contributed by atoms with Gasteiger partial charge in [0.2, 0.25) is 0 Å². The van der Waals surface area contributed by atoms with Crippen molar-refractivity contribution in [3.8, 4) is 11.8 Å². The Labute approximate surface area is 110 Å². The summed E-state index contributed by atoms with van der Waals surface area (Å²) in [7, 11) is 0. The van der Waals surface area contributed by atoms with Gasteiger partial charge >= 0.3 is 0 Å². The van der Waals surface area contributed by atoms with Crippen LogP contribution in [-0.4, -0.2) is 6.54 Å². The van der Waals surface area contributed by atoms with Gasteiger partial charge in [0.25, 0.3) is 0 Å². The Morgan fingerprint density at radius 2 is 2.18 bits per heavy atom. The molecule has 1 aromatic carbocycles. The molecule has 1 N–H and O–H groups in total. The highest BCUT2D eigenvalue weighted by Crippen LogP contribution is 2.28. The minimum absolute atomic E-state index is 0.299. The molecule has 0 aromatic heterocycles. The molecule has 1 rings (SSSR count). The zero-order chi connectivity index (χ0) is 12.7. The third-order valence-electron chi connectivity index (χ3n) is 2.78. The smallest absolute Gasteiger partial charge is 0.0482 e. The fraction of sp³-hybridized carbons (Fsp3) is 0.467. The number of aryl methyl sites for hydroxylation is 1. The summed E-state index contributed by atoms with van der Waals surface area (Å²) in [6.45, 7) is 6.97. The van der Waals surface area contributed by atoms with E-state index in [2.05, 4.69) is 36.2 Å². The maximum absolute atomic E-state index is 6.36. The van der Waals surface area contributed by atoms with E-state index in [1.807, 2.05) is 19.9 Å². The molecule has 92 valence electrons. The highest BCUT2D eigenvalue weighted by atomic mass is 35.5. The van der Waals surface area contributed by atoms with Crippen molar-refractivity contribution in [1.82, 2.24) is 5.32 Å². The van der Waals surface area contributed by atoms with Gasteiger partial charge in [-0.1, -0.05) is 36.7 Å². The summed E-state index contributed by atoms with van der Waals surface area (Å²) in [6.07, 6.45) is 1.90. The van der Waals surface area contributed by atoms with Crippen LogP contribution in [-0.2, 0) is 0 Å². The number of benzene rings is 1. The minimum Gasteiger partial charge on any atom is -0.310 e. The van der Waals surface area contributed by atoms with Crippen molar-refractivity contribution in [2.24, 2.45) is 0 Å². The molecule has 0 radical (unpaired) electrons. The Balaban J connectivity index is 2.87. The maximum Gasteiger partial charge on any atom is 0.0482 e. The second kappa shape index (κ2) is 7.37. The predicted molar refractivity (Wildman–Crippen MR) is 75.3 cm³/mol. The van der Waals surface area contributed by atoms with Gasteiger partial charge in [-0.05, 0) is 37.9 Å². The van der Waals surface area contributed by atoms with Crippen molar-refractivity contribution in [3.63, 3.8) is 0 Å². The van der Waals surface area contributed by atoms with Gasteiger partial charge in [-0.25, -0.2) is 0 Å². The lowest BCUT2D eigenvalue weighted by molar-refractivity contribution is 0.522. The van der Waals surface area contributed by atoms with E-state index < -0.39 is 0 Å². The Hall–Kier alpha value is -0.970. The fourth-order valence-electron chi connectivity index (χ4n) is 1.89. The second-order valence-electron chi connectivity index (χ2n) is 4.05. The van der Waals surface area contributed by atoms with Crippen molar-refractivity contribution < 1.29 is 0 Å². The molecule has 1 unspecified atom stereocenters. The summed E-state index contributed by atoms with van der Waals surface area (Å²) < 4.78 is 0. The molecule has 0 saturated carbocycles. The molecule has 1 nitrogen and oxygen atoms in total. The van der Waals surface area contributed by atoms with Crippen molar-refractivity contribution >= 4 is 11.6 Å². The summed E-state index contributed by atoms with van der Waals surface area (Å²) in [5, 5.41) is 4.35. The average Bonchev–Trinajstić information content (AvgIpc) is 2.32. The van der Waals surface area contributed by atoms with Crippen LogP contribution in [0, 0.1) is 18.8 Å². The van der Waals surface area contributed by atoms with Crippen LogP contribution < -0.4 is 5.32 Å². The molecule has 2 heteroatoms. The summed E-state index contributed by atoms with van der Waals surface area (Å²) in [5.74, 6) is 6.04. The lowest BCUT2D eigenvalue weighted by Gasteiger charge is -2.19. The summed E-state index contributed by atoms with van der Waals surface area (Å²) >= 11 is 6.36. The maximum atomic E-state index is 6.36. The highest BCUT2D eigenvalue weighted by Gasteiger charge is 2.13. The van der Waals surface area contributed by atoms with Crippen LogP contribution in [0.25, 0.3) is 0 Å². The monoisotopic (exact) mass is 249 g/mol. The van der Waals surface area contributed by atoms with E-state index in [1.165, 1.54) is 5.56 Å². The van der Waals surface area contributed by atoms with Crippen molar-refractivity contribution in [1.29, 1.82) is 0 Å². The number of rotatable bonds is 5. The molecule has 17 heavy (non-hydrogen) atoms. The molecule has 1 atom stereocenters. The van der Waals surface area contributed by atoms with E-state index in [9.17, 15) is 0 Å². The van der Waals surface area contributed by atoms with Crippen molar-refractivity contribution in [3.05, 3.63) is 34.3 Å². The van der Waals surface area contributed by atoms with E-state index in [4.69, 9.17) is 11.6 Å². The van der Waals surface area contributed by atoms with Gasteiger partial charge in [0.05, 0.1) is 0 Å². The van der Waals surface area contributed by atoms with Crippen molar-refractivity contribution in [2.45, 2.75) is 39.7 Å². The zero-order valence-electron chi connectivity index (χ0n) is 10.8. The topological polar surface area (TPSA) is 12.0 Å². The first kappa shape index (κ1) is 14.1.